The van der Waals surface area contributed by atoms with Crippen LogP contribution in [0.5, 0.6) is 0 Å². The van der Waals surface area contributed by atoms with Crippen molar-refractivity contribution in [3.8, 4) is 0 Å². The molecule has 2 aromatic heterocycles. The van der Waals surface area contributed by atoms with Crippen molar-refractivity contribution in [1.82, 2.24) is 19.9 Å². The molecule has 0 aromatic carbocycles. The topological polar surface area (TPSA) is 59.0 Å². The number of nitrogens with zero attached hydrogens (tertiary/aromatic N) is 4. The molecule has 0 aliphatic carbocycles. The molecular weight excluding hydrogens is 264 g/mol. The molecule has 1 amide bonds. The first-order chi connectivity index (χ1) is 10.3. The maximum atomic E-state index is 12.5. The lowest BCUT2D eigenvalue weighted by molar-refractivity contribution is -0.132. The van der Waals surface area contributed by atoms with E-state index in [0.717, 1.165) is 37.1 Å². The molecule has 0 spiro atoms. The Labute approximate surface area is 124 Å². The first-order valence-corrected chi connectivity index (χ1v) is 7.29. The van der Waals surface area contributed by atoms with Gasteiger partial charge in [0.15, 0.2) is 0 Å². The molecule has 0 radical (unpaired) electrons. The molecule has 1 aliphatic heterocycles. The number of hydrogen-bond donors (Lipinski definition) is 0. The number of amides is 1. The molecule has 5 nitrogen and oxygen atoms in total. The van der Waals surface area contributed by atoms with Crippen LogP contribution in [-0.2, 0) is 11.2 Å². The Balaban J connectivity index is 1.64. The molecule has 0 unspecified atom stereocenters. The van der Waals surface area contributed by atoms with E-state index in [4.69, 9.17) is 0 Å². The van der Waals surface area contributed by atoms with Crippen molar-refractivity contribution < 1.29 is 4.79 Å². The van der Waals surface area contributed by atoms with Gasteiger partial charge in [0.25, 0.3) is 0 Å². The van der Waals surface area contributed by atoms with Crippen LogP contribution in [0.1, 0.15) is 36.6 Å². The number of aromatic nitrogens is 3. The molecule has 3 rings (SSSR count). The molecule has 0 N–H and O–H groups in total. The molecule has 21 heavy (non-hydrogen) atoms. The fraction of sp³-hybridized carbons (Fsp3) is 0.375. The van der Waals surface area contributed by atoms with E-state index in [9.17, 15) is 4.79 Å². The van der Waals surface area contributed by atoms with E-state index in [2.05, 4.69) is 15.0 Å². The predicted molar refractivity (Wildman–Crippen MR) is 78.3 cm³/mol. The molecule has 1 aliphatic rings. The van der Waals surface area contributed by atoms with Crippen molar-refractivity contribution >= 4 is 5.91 Å². The second kappa shape index (κ2) is 6.43. The standard InChI is InChI=1S/C16H18N4O/c21-16(6-5-13-3-1-8-17-11-13)20-10-2-4-15(20)14-7-9-18-12-19-14/h1,3,7-9,11-12,15H,2,4-6,10H2/t15-/m0/s1. The van der Waals surface area contributed by atoms with Crippen LogP contribution < -0.4 is 0 Å². The normalized spacial score (nSPS) is 17.9. The van der Waals surface area contributed by atoms with Gasteiger partial charge in [0.1, 0.15) is 6.33 Å². The van der Waals surface area contributed by atoms with Crippen molar-refractivity contribution in [3.63, 3.8) is 0 Å². The van der Waals surface area contributed by atoms with Crippen LogP contribution in [0.3, 0.4) is 0 Å². The first kappa shape index (κ1) is 13.7. The Morgan fingerprint density at radius 3 is 3.00 bits per heavy atom. The van der Waals surface area contributed by atoms with Gasteiger partial charge < -0.3 is 4.90 Å². The lowest BCUT2D eigenvalue weighted by Gasteiger charge is -2.24. The van der Waals surface area contributed by atoms with Crippen LogP contribution in [0.25, 0.3) is 0 Å². The maximum Gasteiger partial charge on any atom is 0.223 e. The number of likely N-dealkylation sites (tertiary alicyclic amines) is 1. The van der Waals surface area contributed by atoms with Crippen LogP contribution in [-0.4, -0.2) is 32.3 Å². The number of aryl methyl sites for hydroxylation is 1. The Bertz CT molecular complexity index is 588. The molecule has 0 saturated carbocycles. The predicted octanol–water partition coefficient (Wildman–Crippen LogP) is 2.17. The Hall–Kier alpha value is -2.30. The monoisotopic (exact) mass is 282 g/mol. The highest BCUT2D eigenvalue weighted by atomic mass is 16.2. The van der Waals surface area contributed by atoms with Gasteiger partial charge in [0.2, 0.25) is 5.91 Å². The molecule has 5 heteroatoms. The second-order valence-corrected chi connectivity index (χ2v) is 5.24. The molecule has 2 aromatic rings. The minimum Gasteiger partial charge on any atom is -0.334 e. The average molecular weight is 282 g/mol. The zero-order valence-corrected chi connectivity index (χ0v) is 11.9. The third-order valence-electron chi connectivity index (χ3n) is 3.87. The van der Waals surface area contributed by atoms with Gasteiger partial charge in [0.05, 0.1) is 11.7 Å². The number of carbonyl (C=O) groups is 1. The highest BCUT2D eigenvalue weighted by molar-refractivity contribution is 5.77. The van der Waals surface area contributed by atoms with Crippen LogP contribution in [0.2, 0.25) is 0 Å². The van der Waals surface area contributed by atoms with Crippen molar-refractivity contribution in [3.05, 3.63) is 54.4 Å². The van der Waals surface area contributed by atoms with Gasteiger partial charge in [-0.25, -0.2) is 9.97 Å². The zero-order chi connectivity index (χ0) is 14.5. The van der Waals surface area contributed by atoms with Gasteiger partial charge >= 0.3 is 0 Å². The maximum absolute atomic E-state index is 12.5. The summed E-state index contributed by atoms with van der Waals surface area (Å²) in [5, 5.41) is 0. The van der Waals surface area contributed by atoms with E-state index < -0.39 is 0 Å². The minimum absolute atomic E-state index is 0.106. The average Bonchev–Trinajstić information content (AvgIpc) is 3.04. The molecule has 1 atom stereocenters. The smallest absolute Gasteiger partial charge is 0.223 e. The fourth-order valence-electron chi connectivity index (χ4n) is 2.81. The van der Waals surface area contributed by atoms with E-state index in [1.54, 1.807) is 18.7 Å². The summed E-state index contributed by atoms with van der Waals surface area (Å²) in [4.78, 5) is 26.7. The fourth-order valence-corrected chi connectivity index (χ4v) is 2.81. The summed E-state index contributed by atoms with van der Waals surface area (Å²) in [7, 11) is 0. The number of carbonyl (C=O) groups excluding carboxylic acids is 1. The number of pyridine rings is 1. The van der Waals surface area contributed by atoms with Gasteiger partial charge in [0, 0.05) is 31.6 Å². The van der Waals surface area contributed by atoms with Crippen molar-refractivity contribution in [2.45, 2.75) is 31.7 Å². The highest BCUT2D eigenvalue weighted by Crippen LogP contribution is 2.31. The highest BCUT2D eigenvalue weighted by Gasteiger charge is 2.30. The van der Waals surface area contributed by atoms with Crippen molar-refractivity contribution in [2.24, 2.45) is 0 Å². The largest absolute Gasteiger partial charge is 0.334 e. The van der Waals surface area contributed by atoms with Gasteiger partial charge in [-0.1, -0.05) is 6.07 Å². The Kier molecular flexibility index (Phi) is 4.19. The minimum atomic E-state index is 0.106. The van der Waals surface area contributed by atoms with E-state index >= 15 is 0 Å². The summed E-state index contributed by atoms with van der Waals surface area (Å²) in [5.74, 6) is 0.194. The summed E-state index contributed by atoms with van der Waals surface area (Å²) < 4.78 is 0. The third-order valence-corrected chi connectivity index (χ3v) is 3.87. The molecular formula is C16H18N4O. The quantitative estimate of drug-likeness (QED) is 0.862. The number of rotatable bonds is 4. The summed E-state index contributed by atoms with van der Waals surface area (Å²) in [6.45, 7) is 0.820. The van der Waals surface area contributed by atoms with Crippen molar-refractivity contribution in [2.75, 3.05) is 6.54 Å². The van der Waals surface area contributed by atoms with Crippen molar-refractivity contribution in [1.29, 1.82) is 0 Å². The lowest BCUT2D eigenvalue weighted by atomic mass is 10.1. The Morgan fingerprint density at radius 1 is 1.29 bits per heavy atom. The first-order valence-electron chi connectivity index (χ1n) is 7.29. The van der Waals surface area contributed by atoms with Crippen LogP contribution in [0.4, 0.5) is 0 Å². The summed E-state index contributed by atoms with van der Waals surface area (Å²) >= 11 is 0. The molecule has 108 valence electrons. The van der Waals surface area contributed by atoms with Gasteiger partial charge in [-0.15, -0.1) is 0 Å². The van der Waals surface area contributed by atoms with E-state index in [1.807, 2.05) is 29.3 Å². The zero-order valence-electron chi connectivity index (χ0n) is 11.9. The SMILES string of the molecule is O=C(CCc1cccnc1)N1CCC[C@H]1c1ccncn1. The van der Waals surface area contributed by atoms with E-state index in [1.165, 1.54) is 0 Å². The van der Waals surface area contributed by atoms with Crippen LogP contribution in [0.15, 0.2) is 43.1 Å². The van der Waals surface area contributed by atoms with Gasteiger partial charge in [-0.05, 0) is 37.0 Å². The van der Waals surface area contributed by atoms with Crippen LogP contribution in [0, 0.1) is 0 Å². The summed E-state index contributed by atoms with van der Waals surface area (Å²) in [6, 6.07) is 5.91. The summed E-state index contributed by atoms with van der Waals surface area (Å²) in [5.41, 5.74) is 2.04. The number of hydrogen-bond acceptors (Lipinski definition) is 4. The van der Waals surface area contributed by atoms with E-state index in [0.29, 0.717) is 6.42 Å². The van der Waals surface area contributed by atoms with Crippen LogP contribution >= 0.6 is 0 Å². The lowest BCUT2D eigenvalue weighted by Crippen LogP contribution is -2.31. The molecule has 0 bridgehead atoms. The third kappa shape index (κ3) is 3.24. The second-order valence-electron chi connectivity index (χ2n) is 5.24. The van der Waals surface area contributed by atoms with Gasteiger partial charge in [-0.2, -0.15) is 0 Å². The molecule has 3 heterocycles. The molecule has 1 fully saturated rings. The Morgan fingerprint density at radius 2 is 2.24 bits per heavy atom. The van der Waals surface area contributed by atoms with E-state index in [-0.39, 0.29) is 11.9 Å². The summed E-state index contributed by atoms with van der Waals surface area (Å²) in [6.07, 6.45) is 10.1. The van der Waals surface area contributed by atoms with Gasteiger partial charge in [-0.3, -0.25) is 9.78 Å². The molecule has 1 saturated heterocycles.